The Balaban J connectivity index is 2.06. The fraction of sp³-hybridized carbons (Fsp3) is 0.263. The van der Waals surface area contributed by atoms with Gasteiger partial charge in [0, 0.05) is 9.92 Å². The minimum atomic E-state index is -1.03. The summed E-state index contributed by atoms with van der Waals surface area (Å²) in [5.41, 5.74) is 1.48. The predicted molar refractivity (Wildman–Crippen MR) is 103 cm³/mol. The van der Waals surface area contributed by atoms with Gasteiger partial charge in [-0.2, -0.15) is 0 Å². The second kappa shape index (κ2) is 9.50. The Morgan fingerprint density at radius 2 is 1.92 bits per heavy atom. The summed E-state index contributed by atoms with van der Waals surface area (Å²) in [4.78, 5) is 24.0. The molecule has 0 fully saturated rings. The van der Waals surface area contributed by atoms with Gasteiger partial charge in [-0.3, -0.25) is 4.79 Å². The van der Waals surface area contributed by atoms with Crippen LogP contribution in [0.15, 0.2) is 47.4 Å². The minimum absolute atomic E-state index is 0.170. The van der Waals surface area contributed by atoms with Gasteiger partial charge >= 0.3 is 5.97 Å². The van der Waals surface area contributed by atoms with E-state index in [9.17, 15) is 9.59 Å². The van der Waals surface area contributed by atoms with Crippen LogP contribution in [0, 0.1) is 0 Å². The number of nitrogens with one attached hydrogen (secondary N) is 1. The zero-order valence-corrected chi connectivity index (χ0v) is 16.1. The molecule has 1 amide bonds. The number of hydrogen-bond acceptors (Lipinski definition) is 4. The van der Waals surface area contributed by atoms with E-state index in [0.29, 0.717) is 16.3 Å². The molecule has 2 rings (SSSR count). The predicted octanol–water partition coefficient (Wildman–Crippen LogP) is 4.41. The molecule has 7 heteroatoms. The first kappa shape index (κ1) is 20.1. The van der Waals surface area contributed by atoms with Crippen LogP contribution in [0.1, 0.15) is 35.8 Å². The number of carbonyl (C=O) groups is 2. The van der Waals surface area contributed by atoms with Crippen LogP contribution in [-0.4, -0.2) is 29.3 Å². The van der Waals surface area contributed by atoms with Crippen molar-refractivity contribution in [3.8, 4) is 5.75 Å². The first-order valence-corrected chi connectivity index (χ1v) is 9.44. The molecule has 0 saturated heterocycles. The Morgan fingerprint density at radius 1 is 1.23 bits per heavy atom. The van der Waals surface area contributed by atoms with Crippen LogP contribution in [-0.2, 0) is 4.79 Å². The lowest BCUT2D eigenvalue weighted by Gasteiger charge is -2.16. The molecule has 138 valence electrons. The number of halogens is 1. The van der Waals surface area contributed by atoms with Crippen molar-refractivity contribution in [1.82, 2.24) is 5.32 Å². The largest absolute Gasteiger partial charge is 0.482 e. The molecule has 5 nitrogen and oxygen atoms in total. The lowest BCUT2D eigenvalue weighted by Crippen LogP contribution is -2.27. The molecule has 0 radical (unpaired) electrons. The van der Waals surface area contributed by atoms with Crippen LogP contribution in [0.4, 0.5) is 0 Å². The van der Waals surface area contributed by atoms with Crippen molar-refractivity contribution in [2.45, 2.75) is 24.8 Å². The number of aliphatic carboxylic acids is 1. The van der Waals surface area contributed by atoms with Crippen molar-refractivity contribution in [2.24, 2.45) is 0 Å². The van der Waals surface area contributed by atoms with Gasteiger partial charge in [0.25, 0.3) is 5.91 Å². The van der Waals surface area contributed by atoms with Gasteiger partial charge in [-0.25, -0.2) is 4.79 Å². The third kappa shape index (κ3) is 5.68. The van der Waals surface area contributed by atoms with E-state index in [1.807, 2.05) is 13.8 Å². The minimum Gasteiger partial charge on any atom is -0.482 e. The molecule has 2 aromatic rings. The van der Waals surface area contributed by atoms with Crippen molar-refractivity contribution < 1.29 is 19.4 Å². The number of benzene rings is 2. The zero-order valence-electron chi connectivity index (χ0n) is 14.5. The van der Waals surface area contributed by atoms with Gasteiger partial charge in [0.1, 0.15) is 5.75 Å². The van der Waals surface area contributed by atoms with Gasteiger partial charge in [-0.15, -0.1) is 11.8 Å². The normalized spacial score (nSPS) is 11.7. The molecule has 2 N–H and O–H groups in total. The summed E-state index contributed by atoms with van der Waals surface area (Å²) in [6.45, 7) is 3.51. The summed E-state index contributed by atoms with van der Waals surface area (Å²) >= 11 is 7.59. The number of carboxylic acids is 1. The van der Waals surface area contributed by atoms with Crippen molar-refractivity contribution >= 4 is 35.2 Å². The molecule has 0 heterocycles. The maximum Gasteiger partial charge on any atom is 0.341 e. The van der Waals surface area contributed by atoms with E-state index in [1.165, 1.54) is 0 Å². The van der Waals surface area contributed by atoms with Crippen molar-refractivity contribution in [2.75, 3.05) is 12.4 Å². The topological polar surface area (TPSA) is 75.6 Å². The average Bonchev–Trinajstić information content (AvgIpc) is 2.60. The highest BCUT2D eigenvalue weighted by Crippen LogP contribution is 2.27. The molecular weight excluding hydrogens is 374 g/mol. The Kier molecular flexibility index (Phi) is 7.36. The third-order valence-electron chi connectivity index (χ3n) is 3.58. The van der Waals surface area contributed by atoms with E-state index in [0.717, 1.165) is 16.2 Å². The van der Waals surface area contributed by atoms with E-state index in [4.69, 9.17) is 21.4 Å². The SMILES string of the molecule is CCSc1cc(Cl)ccc1C(=O)NC(C)c1ccc(OCC(=O)O)cc1. The van der Waals surface area contributed by atoms with Gasteiger partial charge in [-0.1, -0.05) is 30.7 Å². The van der Waals surface area contributed by atoms with E-state index in [-0.39, 0.29) is 18.6 Å². The lowest BCUT2D eigenvalue weighted by atomic mass is 10.1. The molecule has 0 aromatic heterocycles. The summed E-state index contributed by atoms with van der Waals surface area (Å²) in [6.07, 6.45) is 0. The van der Waals surface area contributed by atoms with Crippen LogP contribution < -0.4 is 10.1 Å². The molecule has 0 spiro atoms. The molecule has 0 aliphatic carbocycles. The molecule has 2 aromatic carbocycles. The number of ether oxygens (including phenoxy) is 1. The number of carbonyl (C=O) groups excluding carboxylic acids is 1. The van der Waals surface area contributed by atoms with Crippen molar-refractivity contribution in [3.63, 3.8) is 0 Å². The Labute approximate surface area is 161 Å². The maximum atomic E-state index is 12.6. The second-order valence-corrected chi connectivity index (χ2v) is 7.26. The van der Waals surface area contributed by atoms with Gasteiger partial charge < -0.3 is 15.2 Å². The molecule has 1 unspecified atom stereocenters. The number of amides is 1. The first-order chi connectivity index (χ1) is 12.4. The van der Waals surface area contributed by atoms with E-state index in [1.54, 1.807) is 54.2 Å². The molecule has 0 bridgehead atoms. The molecule has 26 heavy (non-hydrogen) atoms. The summed E-state index contributed by atoms with van der Waals surface area (Å²) in [7, 11) is 0. The lowest BCUT2D eigenvalue weighted by molar-refractivity contribution is -0.139. The van der Waals surface area contributed by atoms with E-state index in [2.05, 4.69) is 5.32 Å². The van der Waals surface area contributed by atoms with E-state index >= 15 is 0 Å². The second-order valence-electron chi connectivity index (χ2n) is 5.52. The molecule has 1 atom stereocenters. The highest BCUT2D eigenvalue weighted by atomic mass is 35.5. The van der Waals surface area contributed by atoms with Gasteiger partial charge in [0.05, 0.1) is 11.6 Å². The zero-order chi connectivity index (χ0) is 19.1. The number of carboxylic acid groups (broad SMARTS) is 1. The van der Waals surface area contributed by atoms with Crippen LogP contribution >= 0.6 is 23.4 Å². The summed E-state index contributed by atoms with van der Waals surface area (Å²) in [5.74, 6) is 0.109. The Hall–Kier alpha value is -2.18. The fourth-order valence-corrected chi connectivity index (χ4v) is 3.39. The maximum absolute atomic E-state index is 12.6. The number of rotatable bonds is 8. The molecular formula is C19H20ClNO4S. The average molecular weight is 394 g/mol. The van der Waals surface area contributed by atoms with E-state index < -0.39 is 5.97 Å². The third-order valence-corrected chi connectivity index (χ3v) is 4.75. The molecule has 0 aliphatic heterocycles. The van der Waals surface area contributed by atoms with Crippen molar-refractivity contribution in [1.29, 1.82) is 0 Å². The smallest absolute Gasteiger partial charge is 0.341 e. The standard InChI is InChI=1S/C19H20ClNO4S/c1-3-26-17-10-14(20)6-9-16(17)19(24)21-12(2)13-4-7-15(8-5-13)25-11-18(22)23/h4-10,12H,3,11H2,1-2H3,(H,21,24)(H,22,23). The van der Waals surface area contributed by atoms with Gasteiger partial charge in [0.2, 0.25) is 0 Å². The number of hydrogen-bond donors (Lipinski definition) is 2. The summed E-state index contributed by atoms with van der Waals surface area (Å²) < 4.78 is 5.10. The first-order valence-electron chi connectivity index (χ1n) is 8.08. The quantitative estimate of drug-likeness (QED) is 0.650. The van der Waals surface area contributed by atoms with Gasteiger partial charge in [0.15, 0.2) is 6.61 Å². The summed E-state index contributed by atoms with van der Waals surface area (Å²) in [5, 5.41) is 12.2. The Bertz CT molecular complexity index is 780. The van der Waals surface area contributed by atoms with Crippen LogP contribution in [0.2, 0.25) is 5.02 Å². The van der Waals surface area contributed by atoms with Crippen LogP contribution in [0.3, 0.4) is 0 Å². The summed E-state index contributed by atoms with van der Waals surface area (Å²) in [6, 6.07) is 12.0. The van der Waals surface area contributed by atoms with Crippen LogP contribution in [0.5, 0.6) is 5.75 Å². The highest BCUT2D eigenvalue weighted by Gasteiger charge is 2.15. The molecule has 0 saturated carbocycles. The highest BCUT2D eigenvalue weighted by molar-refractivity contribution is 7.99. The monoisotopic (exact) mass is 393 g/mol. The molecule has 0 aliphatic rings. The van der Waals surface area contributed by atoms with Crippen molar-refractivity contribution in [3.05, 3.63) is 58.6 Å². The Morgan fingerprint density at radius 3 is 2.54 bits per heavy atom. The fourth-order valence-electron chi connectivity index (χ4n) is 2.31. The van der Waals surface area contributed by atoms with Crippen LogP contribution in [0.25, 0.3) is 0 Å². The number of thioether (sulfide) groups is 1. The van der Waals surface area contributed by atoms with Gasteiger partial charge in [-0.05, 0) is 48.6 Å².